The van der Waals surface area contributed by atoms with Gasteiger partial charge in [0.25, 0.3) is 0 Å². The number of rotatable bonds is 1. The van der Waals surface area contributed by atoms with Gasteiger partial charge in [-0.3, -0.25) is 10.1 Å². The van der Waals surface area contributed by atoms with E-state index in [1.165, 1.54) is 5.57 Å². The topological polar surface area (TPSA) is 49.4 Å². The van der Waals surface area contributed by atoms with Gasteiger partial charge in [-0.15, -0.1) is 11.6 Å². The van der Waals surface area contributed by atoms with E-state index in [1.54, 1.807) is 4.90 Å². The Labute approximate surface area is 87.9 Å². The second kappa shape index (κ2) is 5.00. The molecule has 0 aromatic rings. The SMILES string of the molecule is CC1=CCN(C(=O)NC(=O)CCl)CC1. The molecular formula is C9H13ClN2O2. The molecule has 0 saturated carbocycles. The molecule has 0 aliphatic carbocycles. The van der Waals surface area contributed by atoms with E-state index in [-0.39, 0.29) is 11.9 Å². The lowest BCUT2D eigenvalue weighted by Crippen LogP contribution is -2.44. The Morgan fingerprint density at radius 1 is 1.64 bits per heavy atom. The molecule has 0 aromatic carbocycles. The minimum atomic E-state index is -0.456. The van der Waals surface area contributed by atoms with Crippen molar-refractivity contribution >= 4 is 23.5 Å². The third-order valence-corrected chi connectivity index (χ3v) is 2.33. The number of nitrogens with one attached hydrogen (secondary N) is 1. The number of halogens is 1. The van der Waals surface area contributed by atoms with Gasteiger partial charge in [0.05, 0.1) is 0 Å². The van der Waals surface area contributed by atoms with E-state index in [0.29, 0.717) is 13.1 Å². The number of nitrogens with zero attached hydrogens (tertiary/aromatic N) is 1. The van der Waals surface area contributed by atoms with Crippen molar-refractivity contribution in [3.8, 4) is 0 Å². The van der Waals surface area contributed by atoms with Crippen LogP contribution in [0.4, 0.5) is 4.79 Å². The molecule has 0 saturated heterocycles. The average molecular weight is 217 g/mol. The van der Waals surface area contributed by atoms with Crippen LogP contribution in [0.15, 0.2) is 11.6 Å². The third kappa shape index (κ3) is 3.03. The van der Waals surface area contributed by atoms with E-state index in [2.05, 4.69) is 5.32 Å². The molecule has 1 heterocycles. The van der Waals surface area contributed by atoms with Crippen molar-refractivity contribution in [3.05, 3.63) is 11.6 Å². The molecule has 3 amide bonds. The fraction of sp³-hybridized carbons (Fsp3) is 0.556. The number of amides is 3. The summed E-state index contributed by atoms with van der Waals surface area (Å²) in [5.74, 6) is -0.642. The number of urea groups is 1. The van der Waals surface area contributed by atoms with Gasteiger partial charge >= 0.3 is 6.03 Å². The molecule has 0 spiro atoms. The molecule has 0 aromatic heterocycles. The van der Waals surface area contributed by atoms with Gasteiger partial charge in [-0.1, -0.05) is 11.6 Å². The zero-order valence-corrected chi connectivity index (χ0v) is 8.80. The maximum atomic E-state index is 11.4. The number of carbonyl (C=O) groups excluding carboxylic acids is 2. The molecule has 5 heteroatoms. The highest BCUT2D eigenvalue weighted by Gasteiger charge is 2.16. The molecule has 1 aliphatic rings. The molecule has 78 valence electrons. The highest BCUT2D eigenvalue weighted by atomic mass is 35.5. The standard InChI is InChI=1S/C9H13ClN2O2/c1-7-2-4-12(5-3-7)9(14)11-8(13)6-10/h2H,3-6H2,1H3,(H,11,13,14). The lowest BCUT2D eigenvalue weighted by Gasteiger charge is -2.25. The van der Waals surface area contributed by atoms with Gasteiger partial charge < -0.3 is 4.90 Å². The number of hydrogen-bond donors (Lipinski definition) is 1. The maximum Gasteiger partial charge on any atom is 0.324 e. The van der Waals surface area contributed by atoms with Gasteiger partial charge in [-0.2, -0.15) is 0 Å². The monoisotopic (exact) mass is 216 g/mol. The average Bonchev–Trinajstić information content (AvgIpc) is 2.18. The number of alkyl halides is 1. The molecule has 1 rings (SSSR count). The Morgan fingerprint density at radius 2 is 2.36 bits per heavy atom. The van der Waals surface area contributed by atoms with Crippen LogP contribution in [0.1, 0.15) is 13.3 Å². The molecule has 0 fully saturated rings. The maximum absolute atomic E-state index is 11.4. The third-order valence-electron chi connectivity index (χ3n) is 2.09. The summed E-state index contributed by atoms with van der Waals surface area (Å²) in [6.45, 7) is 3.25. The second-order valence-corrected chi connectivity index (χ2v) is 3.50. The van der Waals surface area contributed by atoms with Crippen LogP contribution in [0.2, 0.25) is 0 Å². The van der Waals surface area contributed by atoms with Gasteiger partial charge in [0.15, 0.2) is 0 Å². The highest BCUT2D eigenvalue weighted by molar-refractivity contribution is 6.28. The van der Waals surface area contributed by atoms with E-state index < -0.39 is 5.91 Å². The summed E-state index contributed by atoms with van der Waals surface area (Å²) in [4.78, 5) is 23.8. The van der Waals surface area contributed by atoms with Crippen molar-refractivity contribution in [2.45, 2.75) is 13.3 Å². The van der Waals surface area contributed by atoms with Gasteiger partial charge in [0.2, 0.25) is 5.91 Å². The summed E-state index contributed by atoms with van der Waals surface area (Å²) in [5, 5.41) is 2.20. The zero-order valence-electron chi connectivity index (χ0n) is 8.05. The van der Waals surface area contributed by atoms with E-state index in [0.717, 1.165) is 6.42 Å². The van der Waals surface area contributed by atoms with Gasteiger partial charge in [0, 0.05) is 13.1 Å². The Morgan fingerprint density at radius 3 is 2.86 bits per heavy atom. The quantitative estimate of drug-likeness (QED) is 0.528. The summed E-state index contributed by atoms with van der Waals surface area (Å²) in [5.41, 5.74) is 1.28. The minimum Gasteiger partial charge on any atom is -0.320 e. The first-order valence-electron chi connectivity index (χ1n) is 4.44. The Hall–Kier alpha value is -1.03. The first-order chi connectivity index (χ1) is 6.63. The smallest absolute Gasteiger partial charge is 0.320 e. The largest absolute Gasteiger partial charge is 0.324 e. The minimum absolute atomic E-state index is 0.186. The predicted octanol–water partition coefficient (Wildman–Crippen LogP) is 1.11. The molecule has 1 N–H and O–H groups in total. The highest BCUT2D eigenvalue weighted by Crippen LogP contribution is 2.09. The predicted molar refractivity (Wildman–Crippen MR) is 54.2 cm³/mol. The van der Waals surface area contributed by atoms with Crippen LogP contribution in [0.5, 0.6) is 0 Å². The molecule has 4 nitrogen and oxygen atoms in total. The summed E-state index contributed by atoms with van der Waals surface area (Å²) >= 11 is 5.26. The van der Waals surface area contributed by atoms with Crippen LogP contribution in [0.3, 0.4) is 0 Å². The van der Waals surface area contributed by atoms with Crippen LogP contribution in [-0.4, -0.2) is 35.8 Å². The van der Waals surface area contributed by atoms with E-state index in [1.807, 2.05) is 13.0 Å². The fourth-order valence-corrected chi connectivity index (χ4v) is 1.25. The zero-order chi connectivity index (χ0) is 10.6. The van der Waals surface area contributed by atoms with Crippen LogP contribution in [0.25, 0.3) is 0 Å². The van der Waals surface area contributed by atoms with Crippen molar-refractivity contribution in [3.63, 3.8) is 0 Å². The normalized spacial score (nSPS) is 16.1. The van der Waals surface area contributed by atoms with Crippen LogP contribution < -0.4 is 5.32 Å². The Bertz CT molecular complexity index is 276. The van der Waals surface area contributed by atoms with Gasteiger partial charge in [0.1, 0.15) is 5.88 Å². The second-order valence-electron chi connectivity index (χ2n) is 3.23. The van der Waals surface area contributed by atoms with E-state index in [9.17, 15) is 9.59 Å². The van der Waals surface area contributed by atoms with Crippen molar-refractivity contribution in [2.75, 3.05) is 19.0 Å². The van der Waals surface area contributed by atoms with Crippen LogP contribution in [-0.2, 0) is 4.79 Å². The van der Waals surface area contributed by atoms with Gasteiger partial charge in [-0.25, -0.2) is 4.79 Å². The Kier molecular flexibility index (Phi) is 3.95. The molecule has 0 bridgehead atoms. The van der Waals surface area contributed by atoms with Crippen molar-refractivity contribution in [1.29, 1.82) is 0 Å². The Balaban J connectivity index is 2.43. The van der Waals surface area contributed by atoms with Crippen molar-refractivity contribution in [2.24, 2.45) is 0 Å². The number of carbonyl (C=O) groups is 2. The summed E-state index contributed by atoms with van der Waals surface area (Å²) < 4.78 is 0. The molecule has 0 radical (unpaired) electrons. The molecule has 0 unspecified atom stereocenters. The lowest BCUT2D eigenvalue weighted by atomic mass is 10.1. The van der Waals surface area contributed by atoms with Crippen LogP contribution in [0, 0.1) is 0 Å². The number of imide groups is 1. The van der Waals surface area contributed by atoms with E-state index in [4.69, 9.17) is 11.6 Å². The first-order valence-corrected chi connectivity index (χ1v) is 4.97. The number of hydrogen-bond acceptors (Lipinski definition) is 2. The van der Waals surface area contributed by atoms with Crippen LogP contribution >= 0.6 is 11.6 Å². The molecular weight excluding hydrogens is 204 g/mol. The van der Waals surface area contributed by atoms with Gasteiger partial charge in [-0.05, 0) is 13.3 Å². The molecule has 0 atom stereocenters. The lowest BCUT2D eigenvalue weighted by molar-refractivity contribution is -0.117. The van der Waals surface area contributed by atoms with Crippen molar-refractivity contribution < 1.29 is 9.59 Å². The molecule has 1 aliphatic heterocycles. The fourth-order valence-electron chi connectivity index (χ4n) is 1.19. The summed E-state index contributed by atoms with van der Waals surface area (Å²) in [7, 11) is 0. The molecule has 14 heavy (non-hydrogen) atoms. The summed E-state index contributed by atoms with van der Waals surface area (Å²) in [6.07, 6.45) is 2.84. The van der Waals surface area contributed by atoms with E-state index >= 15 is 0 Å². The van der Waals surface area contributed by atoms with Crippen molar-refractivity contribution in [1.82, 2.24) is 10.2 Å². The first kappa shape index (κ1) is 11.0. The summed E-state index contributed by atoms with van der Waals surface area (Å²) in [6, 6.07) is -0.362.